The first-order valence-corrected chi connectivity index (χ1v) is 10.5. The van der Waals surface area contributed by atoms with Gasteiger partial charge >= 0.3 is 0 Å². The van der Waals surface area contributed by atoms with Gasteiger partial charge in [-0.3, -0.25) is 0 Å². The monoisotopic (exact) mass is 396 g/mol. The minimum absolute atomic E-state index is 0.689. The number of aryl methyl sites for hydroxylation is 1. The molecule has 0 spiro atoms. The number of benzene rings is 4. The van der Waals surface area contributed by atoms with Gasteiger partial charge in [-0.25, -0.2) is 0 Å². The van der Waals surface area contributed by atoms with Crippen molar-refractivity contribution in [3.8, 4) is 39.1 Å². The zero-order valence-electron chi connectivity index (χ0n) is 16.9. The first-order chi connectivity index (χ1) is 14.1. The highest BCUT2D eigenvalue weighted by molar-refractivity contribution is 7.27. The molecule has 0 aliphatic heterocycles. The van der Waals surface area contributed by atoms with Crippen LogP contribution >= 0.6 is 9.24 Å². The lowest BCUT2D eigenvalue weighted by Gasteiger charge is -2.11. The Labute approximate surface area is 175 Å². The quantitative estimate of drug-likeness (QED) is 0.334. The average Bonchev–Trinajstić information content (AvgIpc) is 2.75. The number of rotatable bonds is 5. The maximum absolute atomic E-state index is 5.55. The molecule has 0 amide bonds. The third-order valence-corrected chi connectivity index (χ3v) is 5.55. The molecule has 4 aromatic rings. The smallest absolute Gasteiger partial charge is 0.119 e. The van der Waals surface area contributed by atoms with Crippen LogP contribution in [0.15, 0.2) is 91.0 Å². The maximum atomic E-state index is 5.55. The minimum atomic E-state index is 0.689. The van der Waals surface area contributed by atoms with Crippen molar-refractivity contribution in [1.82, 2.24) is 0 Å². The molecular formula is C27H25OP. The van der Waals surface area contributed by atoms with E-state index >= 15 is 0 Å². The van der Waals surface area contributed by atoms with Gasteiger partial charge < -0.3 is 4.74 Å². The van der Waals surface area contributed by atoms with Crippen molar-refractivity contribution in [3.63, 3.8) is 0 Å². The van der Waals surface area contributed by atoms with Gasteiger partial charge in [0.1, 0.15) is 5.75 Å². The Morgan fingerprint density at radius 2 is 1.10 bits per heavy atom. The summed E-state index contributed by atoms with van der Waals surface area (Å²) in [6.45, 7) is 4.87. The van der Waals surface area contributed by atoms with Crippen LogP contribution in [0.1, 0.15) is 12.5 Å². The van der Waals surface area contributed by atoms with Gasteiger partial charge in [0.2, 0.25) is 0 Å². The van der Waals surface area contributed by atoms with Gasteiger partial charge in [-0.05, 0) is 70.2 Å². The molecule has 4 rings (SSSR count). The van der Waals surface area contributed by atoms with Crippen molar-refractivity contribution in [2.45, 2.75) is 13.8 Å². The average molecular weight is 396 g/mol. The van der Waals surface area contributed by atoms with E-state index in [1.807, 2.05) is 19.1 Å². The van der Waals surface area contributed by atoms with Gasteiger partial charge in [-0.1, -0.05) is 78.9 Å². The molecule has 0 fully saturated rings. The number of ether oxygens (including phenoxy) is 1. The Morgan fingerprint density at radius 3 is 1.66 bits per heavy atom. The molecule has 1 unspecified atom stereocenters. The summed E-state index contributed by atoms with van der Waals surface area (Å²) in [5.41, 5.74) is 8.69. The van der Waals surface area contributed by atoms with Crippen molar-refractivity contribution >= 4 is 14.5 Å². The molecule has 0 saturated heterocycles. The van der Waals surface area contributed by atoms with E-state index in [1.54, 1.807) is 0 Å². The minimum Gasteiger partial charge on any atom is -0.494 e. The fraction of sp³-hybridized carbons (Fsp3) is 0.111. The van der Waals surface area contributed by atoms with Crippen LogP contribution in [0.2, 0.25) is 0 Å². The van der Waals surface area contributed by atoms with Gasteiger partial charge in [-0.15, -0.1) is 9.24 Å². The predicted octanol–water partition coefficient (Wildman–Crippen LogP) is 6.90. The van der Waals surface area contributed by atoms with Gasteiger partial charge in [-0.2, -0.15) is 0 Å². The number of hydrogen-bond donors (Lipinski definition) is 0. The van der Waals surface area contributed by atoms with Crippen molar-refractivity contribution < 1.29 is 4.74 Å². The standard InChI is InChI=1S/C27H25OP/c1-3-28-25-13-8-23(9-14-25)27-17-12-24(18-19(27)2)22-6-4-20(5-7-22)21-10-15-26(29)16-11-21/h4-18H,3,29H2,1-2H3. The Hall–Kier alpha value is -2.89. The second-order valence-corrected chi connectivity index (χ2v) is 7.85. The largest absolute Gasteiger partial charge is 0.494 e. The van der Waals surface area contributed by atoms with Crippen LogP contribution < -0.4 is 10.0 Å². The summed E-state index contributed by atoms with van der Waals surface area (Å²) in [6, 6.07) is 32.4. The highest BCUT2D eigenvalue weighted by Gasteiger charge is 2.06. The third-order valence-electron chi connectivity index (χ3n) is 5.16. The molecule has 144 valence electrons. The molecule has 0 bridgehead atoms. The molecule has 0 radical (unpaired) electrons. The Kier molecular flexibility index (Phi) is 5.79. The lowest BCUT2D eigenvalue weighted by molar-refractivity contribution is 0.340. The zero-order valence-corrected chi connectivity index (χ0v) is 18.0. The summed E-state index contributed by atoms with van der Waals surface area (Å²) in [7, 11) is 2.73. The first-order valence-electron chi connectivity index (χ1n) is 9.94. The van der Waals surface area contributed by atoms with Crippen LogP contribution in [-0.2, 0) is 0 Å². The fourth-order valence-electron chi connectivity index (χ4n) is 3.60. The van der Waals surface area contributed by atoms with Crippen molar-refractivity contribution in [2.24, 2.45) is 0 Å². The van der Waals surface area contributed by atoms with E-state index in [0.717, 1.165) is 5.75 Å². The topological polar surface area (TPSA) is 9.23 Å². The predicted molar refractivity (Wildman–Crippen MR) is 128 cm³/mol. The summed E-state index contributed by atoms with van der Waals surface area (Å²) in [5.74, 6) is 0.915. The molecule has 1 atom stereocenters. The maximum Gasteiger partial charge on any atom is 0.119 e. The molecule has 2 heteroatoms. The Bertz CT molecular complexity index is 1090. The van der Waals surface area contributed by atoms with Crippen molar-refractivity contribution in [3.05, 3.63) is 96.6 Å². The highest BCUT2D eigenvalue weighted by atomic mass is 31.0. The van der Waals surface area contributed by atoms with Crippen LogP contribution in [0.3, 0.4) is 0 Å². The van der Waals surface area contributed by atoms with E-state index in [2.05, 4.69) is 95.0 Å². The lowest BCUT2D eigenvalue weighted by atomic mass is 9.95. The summed E-state index contributed by atoms with van der Waals surface area (Å²) in [5, 5.41) is 1.20. The van der Waals surface area contributed by atoms with Crippen molar-refractivity contribution in [2.75, 3.05) is 6.61 Å². The molecular weight excluding hydrogens is 371 g/mol. The second-order valence-electron chi connectivity index (χ2n) is 7.19. The summed E-state index contributed by atoms with van der Waals surface area (Å²) in [6.07, 6.45) is 0. The highest BCUT2D eigenvalue weighted by Crippen LogP contribution is 2.31. The number of hydrogen-bond acceptors (Lipinski definition) is 1. The molecule has 0 saturated carbocycles. The molecule has 0 aromatic heterocycles. The SMILES string of the molecule is CCOc1ccc(-c2ccc(-c3ccc(-c4ccc(P)cc4)cc3)cc2C)cc1. The van der Waals surface area contributed by atoms with Gasteiger partial charge in [0.25, 0.3) is 0 Å². The van der Waals surface area contributed by atoms with Gasteiger partial charge in [0.15, 0.2) is 0 Å². The Morgan fingerprint density at radius 1 is 0.621 bits per heavy atom. The van der Waals surface area contributed by atoms with E-state index in [-0.39, 0.29) is 0 Å². The van der Waals surface area contributed by atoms with E-state index < -0.39 is 0 Å². The van der Waals surface area contributed by atoms with Gasteiger partial charge in [0, 0.05) is 0 Å². The third kappa shape index (κ3) is 4.42. The summed E-state index contributed by atoms with van der Waals surface area (Å²) >= 11 is 0. The molecule has 0 aliphatic rings. The normalized spacial score (nSPS) is 10.7. The van der Waals surface area contributed by atoms with E-state index in [0.29, 0.717) is 6.61 Å². The molecule has 29 heavy (non-hydrogen) atoms. The van der Waals surface area contributed by atoms with Crippen LogP contribution in [0.25, 0.3) is 33.4 Å². The summed E-state index contributed by atoms with van der Waals surface area (Å²) < 4.78 is 5.55. The molecule has 0 heterocycles. The molecule has 0 aliphatic carbocycles. The van der Waals surface area contributed by atoms with Crippen LogP contribution in [0.5, 0.6) is 5.75 Å². The van der Waals surface area contributed by atoms with E-state index in [4.69, 9.17) is 4.74 Å². The van der Waals surface area contributed by atoms with Crippen LogP contribution in [-0.4, -0.2) is 6.61 Å². The Balaban J connectivity index is 1.58. The summed E-state index contributed by atoms with van der Waals surface area (Å²) in [4.78, 5) is 0. The zero-order chi connectivity index (χ0) is 20.2. The van der Waals surface area contributed by atoms with E-state index in [1.165, 1.54) is 44.2 Å². The van der Waals surface area contributed by atoms with E-state index in [9.17, 15) is 0 Å². The fourth-order valence-corrected chi connectivity index (χ4v) is 3.79. The van der Waals surface area contributed by atoms with Gasteiger partial charge in [0.05, 0.1) is 6.61 Å². The lowest BCUT2D eigenvalue weighted by Crippen LogP contribution is -1.91. The van der Waals surface area contributed by atoms with Crippen molar-refractivity contribution in [1.29, 1.82) is 0 Å². The second kappa shape index (κ2) is 8.64. The molecule has 4 aromatic carbocycles. The van der Waals surface area contributed by atoms with Crippen LogP contribution in [0.4, 0.5) is 0 Å². The van der Waals surface area contributed by atoms with Crippen LogP contribution in [0, 0.1) is 6.92 Å². The first kappa shape index (κ1) is 19.4. The molecule has 1 nitrogen and oxygen atoms in total. The molecule has 0 N–H and O–H groups in total.